The first-order valence-electron chi connectivity index (χ1n) is 8.54. The summed E-state index contributed by atoms with van der Waals surface area (Å²) >= 11 is 0. The van der Waals surface area contributed by atoms with Crippen molar-refractivity contribution in [2.75, 3.05) is 30.9 Å². The summed E-state index contributed by atoms with van der Waals surface area (Å²) in [6.07, 6.45) is 5.03. The molecule has 1 fully saturated rings. The number of aromatic nitrogens is 1. The van der Waals surface area contributed by atoms with Crippen LogP contribution in [-0.2, 0) is 9.53 Å². The summed E-state index contributed by atoms with van der Waals surface area (Å²) in [4.78, 5) is 18.2. The van der Waals surface area contributed by atoms with Crippen LogP contribution < -0.4 is 10.2 Å². The number of fused-ring (bicyclic) bond motifs is 1. The molecule has 1 aromatic carbocycles. The monoisotopic (exact) mass is 327 g/mol. The molecule has 0 aliphatic heterocycles. The van der Waals surface area contributed by atoms with E-state index in [0.717, 1.165) is 28.0 Å². The van der Waals surface area contributed by atoms with Gasteiger partial charge in [-0.05, 0) is 19.8 Å². The van der Waals surface area contributed by atoms with Gasteiger partial charge in [0.25, 0.3) is 0 Å². The highest BCUT2D eigenvalue weighted by atomic mass is 16.5. The van der Waals surface area contributed by atoms with Crippen molar-refractivity contribution < 1.29 is 9.53 Å². The maximum absolute atomic E-state index is 11.6. The van der Waals surface area contributed by atoms with E-state index in [1.165, 1.54) is 32.8 Å². The summed E-state index contributed by atoms with van der Waals surface area (Å²) in [6.45, 7) is 2.21. The number of aryl methyl sites for hydroxylation is 1. The topological polar surface area (TPSA) is 54.5 Å². The van der Waals surface area contributed by atoms with E-state index >= 15 is 0 Å². The Labute approximate surface area is 143 Å². The first-order chi connectivity index (χ1) is 11.6. The van der Waals surface area contributed by atoms with Crippen LogP contribution in [0.2, 0.25) is 0 Å². The number of ether oxygens (including phenoxy) is 1. The fourth-order valence-electron chi connectivity index (χ4n) is 3.45. The lowest BCUT2D eigenvalue weighted by molar-refractivity contribution is -0.138. The number of pyridine rings is 1. The Morgan fingerprint density at radius 1 is 1.29 bits per heavy atom. The first-order valence-corrected chi connectivity index (χ1v) is 8.54. The SMILES string of the molecule is COC(=O)CN(C)c1nc(C)c(NC2CCCC2)c2ccccc12. The summed E-state index contributed by atoms with van der Waals surface area (Å²) in [5.41, 5.74) is 2.08. The summed E-state index contributed by atoms with van der Waals surface area (Å²) in [5, 5.41) is 5.90. The Morgan fingerprint density at radius 2 is 1.96 bits per heavy atom. The number of carbonyl (C=O) groups is 1. The van der Waals surface area contributed by atoms with Crippen LogP contribution in [0.5, 0.6) is 0 Å². The Bertz CT molecular complexity index is 739. The molecule has 0 radical (unpaired) electrons. The van der Waals surface area contributed by atoms with Crippen molar-refractivity contribution in [1.29, 1.82) is 0 Å². The van der Waals surface area contributed by atoms with Crippen LogP contribution in [0.3, 0.4) is 0 Å². The molecule has 2 aromatic rings. The molecule has 0 unspecified atom stereocenters. The Balaban J connectivity index is 2.01. The molecule has 0 bridgehead atoms. The number of nitrogens with one attached hydrogen (secondary N) is 1. The molecular weight excluding hydrogens is 302 g/mol. The van der Waals surface area contributed by atoms with Crippen LogP contribution in [0, 0.1) is 6.92 Å². The number of esters is 1. The van der Waals surface area contributed by atoms with Crippen LogP contribution >= 0.6 is 0 Å². The highest BCUT2D eigenvalue weighted by molar-refractivity contribution is 6.01. The van der Waals surface area contributed by atoms with Gasteiger partial charge in [-0.2, -0.15) is 0 Å². The molecule has 128 valence electrons. The van der Waals surface area contributed by atoms with E-state index in [2.05, 4.69) is 17.4 Å². The zero-order chi connectivity index (χ0) is 17.1. The van der Waals surface area contributed by atoms with Crippen molar-refractivity contribution in [1.82, 2.24) is 4.98 Å². The summed E-state index contributed by atoms with van der Waals surface area (Å²) < 4.78 is 4.78. The minimum Gasteiger partial charge on any atom is -0.468 e. The standard InChI is InChI=1S/C19H25N3O2/c1-13-18(21-14-8-4-5-9-14)15-10-6-7-11-16(15)19(20-13)22(2)12-17(23)24-3/h6-7,10-11,14,21H,4-5,8-9,12H2,1-3H3. The van der Waals surface area contributed by atoms with Crippen molar-refractivity contribution in [3.8, 4) is 0 Å². The molecule has 0 spiro atoms. The fourth-order valence-corrected chi connectivity index (χ4v) is 3.45. The third-order valence-electron chi connectivity index (χ3n) is 4.73. The maximum Gasteiger partial charge on any atom is 0.325 e. The maximum atomic E-state index is 11.6. The third kappa shape index (κ3) is 3.30. The molecule has 1 N–H and O–H groups in total. The number of anilines is 2. The highest BCUT2D eigenvalue weighted by Gasteiger charge is 2.20. The number of benzene rings is 1. The molecular formula is C19H25N3O2. The molecule has 5 heteroatoms. The number of hydrogen-bond donors (Lipinski definition) is 1. The van der Waals surface area contributed by atoms with Crippen LogP contribution in [0.15, 0.2) is 24.3 Å². The van der Waals surface area contributed by atoms with Crippen molar-refractivity contribution in [3.63, 3.8) is 0 Å². The molecule has 24 heavy (non-hydrogen) atoms. The third-order valence-corrected chi connectivity index (χ3v) is 4.73. The molecule has 0 atom stereocenters. The Morgan fingerprint density at radius 3 is 2.62 bits per heavy atom. The molecule has 1 saturated carbocycles. The van der Waals surface area contributed by atoms with Crippen LogP contribution in [0.1, 0.15) is 31.4 Å². The van der Waals surface area contributed by atoms with Crippen LogP contribution in [0.4, 0.5) is 11.5 Å². The van der Waals surface area contributed by atoms with Gasteiger partial charge in [0.2, 0.25) is 0 Å². The lowest BCUT2D eigenvalue weighted by Crippen LogP contribution is -2.27. The van der Waals surface area contributed by atoms with E-state index < -0.39 is 0 Å². The molecule has 3 rings (SSSR count). The average molecular weight is 327 g/mol. The molecule has 1 aliphatic rings. The molecule has 5 nitrogen and oxygen atoms in total. The highest BCUT2D eigenvalue weighted by Crippen LogP contribution is 2.34. The largest absolute Gasteiger partial charge is 0.468 e. The number of carbonyl (C=O) groups excluding carboxylic acids is 1. The van der Waals surface area contributed by atoms with Crippen molar-refractivity contribution >= 4 is 28.2 Å². The van der Waals surface area contributed by atoms with E-state index in [1.807, 2.05) is 31.0 Å². The van der Waals surface area contributed by atoms with Gasteiger partial charge in [0, 0.05) is 23.9 Å². The smallest absolute Gasteiger partial charge is 0.325 e. The van der Waals surface area contributed by atoms with Crippen molar-refractivity contribution in [2.24, 2.45) is 0 Å². The van der Waals surface area contributed by atoms with E-state index in [-0.39, 0.29) is 12.5 Å². The van der Waals surface area contributed by atoms with Gasteiger partial charge in [-0.25, -0.2) is 4.98 Å². The second-order valence-corrected chi connectivity index (χ2v) is 6.50. The number of rotatable bonds is 5. The molecule has 1 aromatic heterocycles. The molecule has 0 amide bonds. The second-order valence-electron chi connectivity index (χ2n) is 6.50. The lowest BCUT2D eigenvalue weighted by Gasteiger charge is -2.23. The van der Waals surface area contributed by atoms with Crippen molar-refractivity contribution in [2.45, 2.75) is 38.6 Å². The zero-order valence-corrected chi connectivity index (χ0v) is 14.6. The Hall–Kier alpha value is -2.30. The van der Waals surface area contributed by atoms with E-state index in [4.69, 9.17) is 9.72 Å². The molecule has 1 aliphatic carbocycles. The van der Waals surface area contributed by atoms with Gasteiger partial charge in [0.1, 0.15) is 12.4 Å². The van der Waals surface area contributed by atoms with E-state index in [9.17, 15) is 4.79 Å². The van der Waals surface area contributed by atoms with Crippen molar-refractivity contribution in [3.05, 3.63) is 30.0 Å². The fraction of sp³-hybridized carbons (Fsp3) is 0.474. The van der Waals surface area contributed by atoms with Crippen LogP contribution in [-0.4, -0.2) is 37.7 Å². The van der Waals surface area contributed by atoms with Gasteiger partial charge in [-0.3, -0.25) is 4.79 Å². The predicted octanol–water partition coefficient (Wildman–Crippen LogP) is 3.51. The average Bonchev–Trinajstić information content (AvgIpc) is 3.10. The van der Waals surface area contributed by atoms with Gasteiger partial charge in [0.05, 0.1) is 18.5 Å². The predicted molar refractivity (Wildman–Crippen MR) is 97.6 cm³/mol. The quantitative estimate of drug-likeness (QED) is 0.852. The first kappa shape index (κ1) is 16.6. The lowest BCUT2D eigenvalue weighted by atomic mass is 10.1. The minimum atomic E-state index is -0.269. The van der Waals surface area contributed by atoms with Gasteiger partial charge in [-0.1, -0.05) is 37.1 Å². The number of nitrogens with zero attached hydrogens (tertiary/aromatic N) is 2. The normalized spacial score (nSPS) is 14.8. The van der Waals surface area contributed by atoms with Gasteiger partial charge < -0.3 is 15.0 Å². The van der Waals surface area contributed by atoms with Gasteiger partial charge in [0.15, 0.2) is 0 Å². The number of likely N-dealkylation sites (N-methyl/N-ethyl adjacent to an activating group) is 1. The summed E-state index contributed by atoms with van der Waals surface area (Å²) in [7, 11) is 3.27. The molecule has 1 heterocycles. The van der Waals surface area contributed by atoms with E-state index in [0.29, 0.717) is 6.04 Å². The molecule has 0 saturated heterocycles. The zero-order valence-electron chi connectivity index (χ0n) is 14.6. The van der Waals surface area contributed by atoms with Crippen LogP contribution in [0.25, 0.3) is 10.8 Å². The van der Waals surface area contributed by atoms with Gasteiger partial charge in [-0.15, -0.1) is 0 Å². The number of hydrogen-bond acceptors (Lipinski definition) is 5. The van der Waals surface area contributed by atoms with Gasteiger partial charge >= 0.3 is 5.97 Å². The second kappa shape index (κ2) is 7.07. The minimum absolute atomic E-state index is 0.183. The van der Waals surface area contributed by atoms with E-state index in [1.54, 1.807) is 0 Å². The summed E-state index contributed by atoms with van der Waals surface area (Å²) in [5.74, 6) is 0.541. The summed E-state index contributed by atoms with van der Waals surface area (Å²) in [6, 6.07) is 8.77. The Kier molecular flexibility index (Phi) is 4.88. The number of methoxy groups -OCH3 is 1.